The SMILES string of the molecule is CC/C=C\C/C=C\C/C=C\C/C=C\C/C=C\CCCCCCCCCC(=O)OCC(COC(=O)CCCCCCCCCCCC)OC(=O)C/C=C\C/C=C\C/C=C\C/C=C\C/C=C\CC. The molecule has 1 unspecified atom stereocenters. The fourth-order valence-corrected chi connectivity index (χ4v) is 6.84. The first kappa shape index (κ1) is 61.8. The molecule has 0 spiro atoms. The van der Waals surface area contributed by atoms with E-state index in [0.29, 0.717) is 19.3 Å². The van der Waals surface area contributed by atoms with Crippen molar-refractivity contribution in [3.63, 3.8) is 0 Å². The van der Waals surface area contributed by atoms with Gasteiger partial charge in [0.15, 0.2) is 6.10 Å². The van der Waals surface area contributed by atoms with E-state index in [4.69, 9.17) is 14.2 Å². The lowest BCUT2D eigenvalue weighted by molar-refractivity contribution is -0.166. The third-order valence-electron chi connectivity index (χ3n) is 10.7. The molecule has 0 radical (unpaired) electrons. The van der Waals surface area contributed by atoms with Crippen molar-refractivity contribution in [3.8, 4) is 0 Å². The van der Waals surface area contributed by atoms with E-state index in [1.54, 1.807) is 6.08 Å². The van der Waals surface area contributed by atoms with Crippen molar-refractivity contribution in [3.05, 3.63) is 122 Å². The minimum absolute atomic E-state index is 0.0912. The Morgan fingerprint density at radius 2 is 0.636 bits per heavy atom. The van der Waals surface area contributed by atoms with E-state index in [1.807, 2.05) is 6.08 Å². The molecule has 6 heteroatoms. The van der Waals surface area contributed by atoms with Crippen molar-refractivity contribution in [1.82, 2.24) is 0 Å². The highest BCUT2D eigenvalue weighted by molar-refractivity contribution is 5.72. The Morgan fingerprint density at radius 3 is 1.00 bits per heavy atom. The smallest absolute Gasteiger partial charge is 0.310 e. The van der Waals surface area contributed by atoms with Crippen molar-refractivity contribution in [2.24, 2.45) is 0 Å². The molecule has 0 aromatic heterocycles. The van der Waals surface area contributed by atoms with Gasteiger partial charge in [-0.1, -0.05) is 232 Å². The first-order chi connectivity index (χ1) is 32.5. The van der Waals surface area contributed by atoms with E-state index in [0.717, 1.165) is 103 Å². The Kier molecular flexibility index (Phi) is 50.0. The van der Waals surface area contributed by atoms with Gasteiger partial charge in [0.1, 0.15) is 13.2 Å². The number of carbonyl (C=O) groups is 3. The third-order valence-corrected chi connectivity index (χ3v) is 10.7. The molecule has 0 saturated carbocycles. The predicted molar refractivity (Wildman–Crippen MR) is 283 cm³/mol. The van der Waals surface area contributed by atoms with Gasteiger partial charge in [-0.3, -0.25) is 14.4 Å². The van der Waals surface area contributed by atoms with Crippen LogP contribution in [0.4, 0.5) is 0 Å². The van der Waals surface area contributed by atoms with Crippen LogP contribution in [0, 0.1) is 0 Å². The summed E-state index contributed by atoms with van der Waals surface area (Å²) in [6, 6.07) is 0. The standard InChI is InChI=1S/C60H96O6/c1-4-7-10-13-16-19-22-24-26-27-28-29-30-31-32-33-35-36-38-41-44-47-50-53-59(62)65-56-57(55-64-58(61)52-49-46-43-40-21-18-15-12-9-6-3)66-60(63)54-51-48-45-42-39-37-34-25-23-20-17-14-11-8-5-2/h7-8,10-11,16-17,19-20,24-26,28-29,31-32,34,39,42,48,51,57H,4-6,9,12-15,18,21-23,27,30,33,35-38,40-41,43-47,49-50,52-56H2,1-3H3/b10-7-,11-8-,19-16-,20-17-,26-24-,29-28-,32-31-,34-25-,42-39-,51-48-. The summed E-state index contributed by atoms with van der Waals surface area (Å²) in [4.78, 5) is 37.9. The zero-order valence-electron chi connectivity index (χ0n) is 42.4. The van der Waals surface area contributed by atoms with E-state index in [9.17, 15) is 14.4 Å². The van der Waals surface area contributed by atoms with Gasteiger partial charge in [0.2, 0.25) is 0 Å². The fourth-order valence-electron chi connectivity index (χ4n) is 6.84. The van der Waals surface area contributed by atoms with Crippen LogP contribution in [0.3, 0.4) is 0 Å². The average Bonchev–Trinajstić information content (AvgIpc) is 3.31. The summed E-state index contributed by atoms with van der Waals surface area (Å²) in [5.74, 6) is -1.07. The lowest BCUT2D eigenvalue weighted by atomic mass is 10.1. The van der Waals surface area contributed by atoms with Gasteiger partial charge in [-0.05, 0) is 89.9 Å². The number of hydrogen-bond donors (Lipinski definition) is 0. The molecule has 0 aliphatic heterocycles. The van der Waals surface area contributed by atoms with Gasteiger partial charge in [0, 0.05) is 12.8 Å². The van der Waals surface area contributed by atoms with Crippen molar-refractivity contribution in [1.29, 1.82) is 0 Å². The van der Waals surface area contributed by atoms with Gasteiger partial charge in [0.25, 0.3) is 0 Å². The zero-order valence-corrected chi connectivity index (χ0v) is 42.4. The van der Waals surface area contributed by atoms with E-state index in [2.05, 4.69) is 130 Å². The van der Waals surface area contributed by atoms with E-state index in [1.165, 1.54) is 70.6 Å². The van der Waals surface area contributed by atoms with Crippen molar-refractivity contribution < 1.29 is 28.6 Å². The molecule has 0 N–H and O–H groups in total. The van der Waals surface area contributed by atoms with Crippen LogP contribution in [0.25, 0.3) is 0 Å². The molecular weight excluding hydrogens is 817 g/mol. The van der Waals surface area contributed by atoms with Crippen LogP contribution in [0.15, 0.2) is 122 Å². The molecule has 0 aliphatic carbocycles. The molecule has 0 aliphatic rings. The average molecular weight is 913 g/mol. The number of hydrogen-bond acceptors (Lipinski definition) is 6. The van der Waals surface area contributed by atoms with Crippen LogP contribution in [0.1, 0.15) is 220 Å². The second-order valence-electron chi connectivity index (χ2n) is 17.0. The van der Waals surface area contributed by atoms with Crippen LogP contribution >= 0.6 is 0 Å². The molecule has 0 bridgehead atoms. The summed E-state index contributed by atoms with van der Waals surface area (Å²) in [5, 5.41) is 0. The Balaban J connectivity index is 4.44. The maximum Gasteiger partial charge on any atom is 0.310 e. The normalized spacial score (nSPS) is 13.1. The minimum atomic E-state index is -0.838. The Bertz CT molecular complexity index is 1420. The molecular formula is C60H96O6. The third kappa shape index (κ3) is 50.8. The first-order valence-corrected chi connectivity index (χ1v) is 26.5. The van der Waals surface area contributed by atoms with Crippen LogP contribution in [0.2, 0.25) is 0 Å². The monoisotopic (exact) mass is 913 g/mol. The maximum atomic E-state index is 12.7. The summed E-state index contributed by atoms with van der Waals surface area (Å²) < 4.78 is 16.7. The molecule has 0 rings (SSSR count). The van der Waals surface area contributed by atoms with E-state index < -0.39 is 12.1 Å². The van der Waals surface area contributed by atoms with Crippen molar-refractivity contribution in [2.75, 3.05) is 13.2 Å². The minimum Gasteiger partial charge on any atom is -0.462 e. The van der Waals surface area contributed by atoms with Crippen molar-refractivity contribution >= 4 is 17.9 Å². The lowest BCUT2D eigenvalue weighted by Crippen LogP contribution is -2.30. The Hall–Kier alpha value is -4.19. The van der Waals surface area contributed by atoms with Gasteiger partial charge in [-0.15, -0.1) is 0 Å². The summed E-state index contributed by atoms with van der Waals surface area (Å²) in [5.41, 5.74) is 0. The molecule has 66 heavy (non-hydrogen) atoms. The van der Waals surface area contributed by atoms with E-state index in [-0.39, 0.29) is 31.6 Å². The molecule has 0 aromatic carbocycles. The molecule has 6 nitrogen and oxygen atoms in total. The molecule has 372 valence electrons. The predicted octanol–water partition coefficient (Wildman–Crippen LogP) is 17.7. The van der Waals surface area contributed by atoms with Crippen LogP contribution in [-0.4, -0.2) is 37.2 Å². The molecule has 0 heterocycles. The first-order valence-electron chi connectivity index (χ1n) is 26.5. The number of unbranched alkanes of at least 4 members (excludes halogenated alkanes) is 16. The summed E-state index contributed by atoms with van der Waals surface area (Å²) in [6.07, 6.45) is 73.6. The Labute approximate surface area is 405 Å². The number of carbonyl (C=O) groups excluding carboxylic acids is 3. The Morgan fingerprint density at radius 1 is 0.333 bits per heavy atom. The fraction of sp³-hybridized carbons (Fsp3) is 0.617. The number of allylic oxidation sites excluding steroid dienone is 19. The molecule has 0 aromatic rings. The second kappa shape index (κ2) is 53.4. The van der Waals surface area contributed by atoms with Gasteiger partial charge in [-0.2, -0.15) is 0 Å². The molecule has 1 atom stereocenters. The highest BCUT2D eigenvalue weighted by Gasteiger charge is 2.19. The molecule has 0 saturated heterocycles. The van der Waals surface area contributed by atoms with Crippen LogP contribution < -0.4 is 0 Å². The van der Waals surface area contributed by atoms with Gasteiger partial charge < -0.3 is 14.2 Å². The highest BCUT2D eigenvalue weighted by atomic mass is 16.6. The number of rotatable bonds is 46. The van der Waals surface area contributed by atoms with Gasteiger partial charge in [0.05, 0.1) is 6.42 Å². The summed E-state index contributed by atoms with van der Waals surface area (Å²) in [6.45, 7) is 6.29. The van der Waals surface area contributed by atoms with Crippen molar-refractivity contribution in [2.45, 2.75) is 226 Å². The molecule has 0 amide bonds. The zero-order chi connectivity index (χ0) is 47.9. The number of esters is 3. The number of ether oxygens (including phenoxy) is 3. The van der Waals surface area contributed by atoms with Crippen LogP contribution in [0.5, 0.6) is 0 Å². The van der Waals surface area contributed by atoms with Crippen LogP contribution in [-0.2, 0) is 28.6 Å². The second-order valence-corrected chi connectivity index (χ2v) is 17.0. The maximum absolute atomic E-state index is 12.7. The largest absolute Gasteiger partial charge is 0.462 e. The topological polar surface area (TPSA) is 78.9 Å². The van der Waals surface area contributed by atoms with E-state index >= 15 is 0 Å². The summed E-state index contributed by atoms with van der Waals surface area (Å²) in [7, 11) is 0. The summed E-state index contributed by atoms with van der Waals surface area (Å²) >= 11 is 0. The van der Waals surface area contributed by atoms with Gasteiger partial charge >= 0.3 is 17.9 Å². The highest BCUT2D eigenvalue weighted by Crippen LogP contribution is 2.13. The quantitative estimate of drug-likeness (QED) is 0.0262. The lowest BCUT2D eigenvalue weighted by Gasteiger charge is -2.18. The van der Waals surface area contributed by atoms with Gasteiger partial charge in [-0.25, -0.2) is 0 Å². The molecule has 0 fully saturated rings.